The van der Waals surface area contributed by atoms with Crippen LogP contribution in [0.2, 0.25) is 0 Å². The van der Waals surface area contributed by atoms with Gasteiger partial charge in [0.25, 0.3) is 0 Å². The molecule has 0 saturated heterocycles. The van der Waals surface area contributed by atoms with Crippen LogP contribution in [0, 0.1) is 0 Å². The maximum atomic E-state index is 10.7. The van der Waals surface area contributed by atoms with Gasteiger partial charge in [-0.3, -0.25) is 0 Å². The molecule has 0 aromatic rings. The van der Waals surface area contributed by atoms with Gasteiger partial charge >= 0.3 is 16.0 Å². The summed E-state index contributed by atoms with van der Waals surface area (Å²) in [4.78, 5) is 10.7. The monoisotopic (exact) mass is 298 g/mol. The van der Waals surface area contributed by atoms with Gasteiger partial charge in [-0.2, -0.15) is 0 Å². The molecule has 6 heteroatoms. The first-order valence-corrected chi connectivity index (χ1v) is 6.74. The van der Waals surface area contributed by atoms with Gasteiger partial charge in [0.15, 0.2) is 0 Å². The van der Waals surface area contributed by atoms with Gasteiger partial charge in [-0.05, 0) is 13.3 Å². The highest BCUT2D eigenvalue weighted by molar-refractivity contribution is 9.09. The fraction of sp³-hybridized carbons (Fsp3) is 0.667. The zero-order valence-corrected chi connectivity index (χ0v) is 12.5. The molecule has 0 radical (unpaired) electrons. The number of hydrogen-bond acceptors (Lipinski definition) is 4. The van der Waals surface area contributed by atoms with E-state index in [4.69, 9.17) is 4.74 Å². The van der Waals surface area contributed by atoms with Crippen molar-refractivity contribution in [3.8, 4) is 0 Å². The lowest BCUT2D eigenvalue weighted by molar-refractivity contribution is -0.138. The van der Waals surface area contributed by atoms with Crippen molar-refractivity contribution in [1.29, 1.82) is 0 Å². The normalized spacial score (nSPS) is 8.80. The second-order valence-corrected chi connectivity index (χ2v) is 4.84. The van der Waals surface area contributed by atoms with E-state index < -0.39 is 10.0 Å². The molecular formula is C9H19BrO4Si. The third-order valence-electron chi connectivity index (χ3n) is 1.10. The Labute approximate surface area is 102 Å². The van der Waals surface area contributed by atoms with Crippen LogP contribution in [0.15, 0.2) is 12.2 Å². The number of alkyl halides is 1. The van der Waals surface area contributed by atoms with Crippen LogP contribution in [0.1, 0.15) is 13.3 Å². The second-order valence-electron chi connectivity index (χ2n) is 2.65. The number of carbonyl (C=O) groups is 1. The highest BCUT2D eigenvalue weighted by Gasteiger charge is 2.00. The van der Waals surface area contributed by atoms with Gasteiger partial charge in [0, 0.05) is 25.1 Å². The standard InChI is InChI=1S/C7H11BrO2.C2H8O2Si/c1-6(2)7(9)10-5-3-4-8;1-3-5-4-2/h1,3-5H2,2H3;5H2,1-2H3. The number of ether oxygens (including phenoxy) is 1. The summed E-state index contributed by atoms with van der Waals surface area (Å²) in [6.07, 6.45) is 0.846. The molecule has 0 aliphatic rings. The summed E-state index contributed by atoms with van der Waals surface area (Å²) in [5.41, 5.74) is 0.453. The maximum Gasteiger partial charge on any atom is 0.333 e. The van der Waals surface area contributed by atoms with Crippen molar-refractivity contribution < 1.29 is 18.4 Å². The minimum Gasteiger partial charge on any atom is -0.462 e. The Morgan fingerprint density at radius 3 is 2.20 bits per heavy atom. The van der Waals surface area contributed by atoms with Gasteiger partial charge in [-0.1, -0.05) is 22.5 Å². The van der Waals surface area contributed by atoms with E-state index in [9.17, 15) is 4.79 Å². The molecule has 0 aliphatic heterocycles. The molecule has 0 atom stereocenters. The molecule has 0 spiro atoms. The number of halogens is 1. The molecular weight excluding hydrogens is 280 g/mol. The van der Waals surface area contributed by atoms with Crippen LogP contribution in [0.5, 0.6) is 0 Å². The van der Waals surface area contributed by atoms with Crippen LogP contribution in [0.4, 0.5) is 0 Å². The average Bonchev–Trinajstić information content (AvgIpc) is 2.20. The van der Waals surface area contributed by atoms with Gasteiger partial charge in [0.1, 0.15) is 0 Å². The van der Waals surface area contributed by atoms with Gasteiger partial charge in [-0.15, -0.1) is 0 Å². The zero-order valence-electron chi connectivity index (χ0n) is 9.55. The number of rotatable bonds is 6. The zero-order chi connectivity index (χ0) is 12.1. The lowest BCUT2D eigenvalue weighted by Gasteiger charge is -2.00. The summed E-state index contributed by atoms with van der Waals surface area (Å²) >= 11 is 3.22. The summed E-state index contributed by atoms with van der Waals surface area (Å²) in [5, 5.41) is 0.858. The lowest BCUT2D eigenvalue weighted by Crippen LogP contribution is -2.06. The van der Waals surface area contributed by atoms with Crippen molar-refractivity contribution in [3.05, 3.63) is 12.2 Å². The van der Waals surface area contributed by atoms with Crippen molar-refractivity contribution in [1.82, 2.24) is 0 Å². The molecule has 0 fully saturated rings. The predicted octanol–water partition coefficient (Wildman–Crippen LogP) is 1.17. The van der Waals surface area contributed by atoms with Crippen molar-refractivity contribution in [2.24, 2.45) is 0 Å². The molecule has 0 aromatic heterocycles. The molecule has 0 aromatic carbocycles. The third kappa shape index (κ3) is 16.5. The van der Waals surface area contributed by atoms with Crippen LogP contribution in [-0.2, 0) is 18.4 Å². The Morgan fingerprint density at radius 2 is 1.93 bits per heavy atom. The number of carbonyl (C=O) groups excluding carboxylic acids is 1. The second kappa shape index (κ2) is 13.8. The molecule has 0 rings (SSSR count). The third-order valence-corrected chi connectivity index (χ3v) is 2.13. The maximum absolute atomic E-state index is 10.7. The van der Waals surface area contributed by atoms with Crippen LogP contribution in [0.25, 0.3) is 0 Å². The molecule has 0 bridgehead atoms. The molecule has 0 aliphatic carbocycles. The Bertz CT molecular complexity index is 173. The number of esters is 1. The van der Waals surface area contributed by atoms with Crippen molar-refractivity contribution in [2.45, 2.75) is 13.3 Å². The van der Waals surface area contributed by atoms with E-state index >= 15 is 0 Å². The smallest absolute Gasteiger partial charge is 0.333 e. The van der Waals surface area contributed by atoms with Gasteiger partial charge < -0.3 is 13.6 Å². The SMILES string of the molecule is C=C(C)C(=O)OCCCBr.CO[SiH2]OC. The summed E-state index contributed by atoms with van der Waals surface area (Å²) in [6.45, 7) is 5.55. The van der Waals surface area contributed by atoms with Crippen LogP contribution < -0.4 is 0 Å². The minimum absolute atomic E-state index is 0.305. The first kappa shape index (κ1) is 17.2. The molecule has 4 nitrogen and oxygen atoms in total. The summed E-state index contributed by atoms with van der Waals surface area (Å²) in [5.74, 6) is -0.305. The quantitative estimate of drug-likeness (QED) is 0.243. The molecule has 90 valence electrons. The first-order valence-electron chi connectivity index (χ1n) is 4.46. The fourth-order valence-corrected chi connectivity index (χ4v) is 0.925. The van der Waals surface area contributed by atoms with Gasteiger partial charge in [0.05, 0.1) is 6.61 Å². The first-order chi connectivity index (χ1) is 7.09. The molecule has 0 amide bonds. The molecule has 0 saturated carbocycles. The Morgan fingerprint density at radius 1 is 1.40 bits per heavy atom. The van der Waals surface area contributed by atoms with Crippen molar-refractivity contribution >= 4 is 31.9 Å². The number of hydrogen-bond donors (Lipinski definition) is 0. The molecule has 0 unspecified atom stereocenters. The van der Waals surface area contributed by atoms with Crippen molar-refractivity contribution in [3.63, 3.8) is 0 Å². The van der Waals surface area contributed by atoms with E-state index in [0.29, 0.717) is 12.2 Å². The van der Waals surface area contributed by atoms with Crippen molar-refractivity contribution in [2.75, 3.05) is 26.2 Å². The lowest BCUT2D eigenvalue weighted by atomic mass is 10.4. The summed E-state index contributed by atoms with van der Waals surface area (Å²) in [6, 6.07) is 0. The fourth-order valence-electron chi connectivity index (χ4n) is 0.460. The largest absolute Gasteiger partial charge is 0.462 e. The Kier molecular flexibility index (Phi) is 15.9. The van der Waals surface area contributed by atoms with Gasteiger partial charge in [0.2, 0.25) is 0 Å². The Balaban J connectivity index is 0. The van der Waals surface area contributed by atoms with E-state index in [2.05, 4.69) is 31.4 Å². The topological polar surface area (TPSA) is 44.8 Å². The predicted molar refractivity (Wildman–Crippen MR) is 66.7 cm³/mol. The highest BCUT2D eigenvalue weighted by Crippen LogP contribution is 1.94. The van der Waals surface area contributed by atoms with Gasteiger partial charge in [-0.25, -0.2) is 4.79 Å². The molecule has 0 heterocycles. The van der Waals surface area contributed by atoms with E-state index in [0.717, 1.165) is 11.8 Å². The summed E-state index contributed by atoms with van der Waals surface area (Å²) in [7, 11) is 2.73. The minimum atomic E-state index is -0.568. The van der Waals surface area contributed by atoms with Crippen LogP contribution in [-0.4, -0.2) is 42.1 Å². The molecule has 0 N–H and O–H groups in total. The van der Waals surface area contributed by atoms with E-state index in [1.54, 1.807) is 21.1 Å². The summed E-state index contributed by atoms with van der Waals surface area (Å²) < 4.78 is 14.0. The van der Waals surface area contributed by atoms with Crippen LogP contribution >= 0.6 is 15.9 Å². The van der Waals surface area contributed by atoms with Crippen LogP contribution in [0.3, 0.4) is 0 Å². The Hall–Kier alpha value is -0.173. The van der Waals surface area contributed by atoms with E-state index in [1.807, 2.05) is 0 Å². The van der Waals surface area contributed by atoms with E-state index in [1.165, 1.54) is 0 Å². The molecule has 15 heavy (non-hydrogen) atoms. The van der Waals surface area contributed by atoms with E-state index in [-0.39, 0.29) is 5.97 Å². The highest BCUT2D eigenvalue weighted by atomic mass is 79.9. The average molecular weight is 299 g/mol.